The summed E-state index contributed by atoms with van der Waals surface area (Å²) in [7, 11) is 0. The van der Waals surface area contributed by atoms with Crippen LogP contribution in [0, 0.1) is 0 Å². The standard InChI is InChI=1S/C12H13NS/c1-2-10-3-5-11(6-4-10)7-13-12-8-14-9-12/h2-6H,1,7-9H2. The average Bonchev–Trinajstić information content (AvgIpc) is 2.16. The Morgan fingerprint density at radius 1 is 1.29 bits per heavy atom. The Balaban J connectivity index is 1.99. The minimum Gasteiger partial charge on any atom is -0.288 e. The van der Waals surface area contributed by atoms with Gasteiger partial charge in [-0.1, -0.05) is 36.9 Å². The van der Waals surface area contributed by atoms with Gasteiger partial charge in [-0.05, 0) is 11.1 Å². The van der Waals surface area contributed by atoms with Crippen molar-refractivity contribution in [3.63, 3.8) is 0 Å². The lowest BCUT2D eigenvalue weighted by molar-refractivity contribution is 1.06. The van der Waals surface area contributed by atoms with Crippen LogP contribution >= 0.6 is 11.8 Å². The van der Waals surface area contributed by atoms with E-state index in [0.29, 0.717) is 0 Å². The van der Waals surface area contributed by atoms with E-state index in [1.54, 1.807) is 0 Å². The van der Waals surface area contributed by atoms with Gasteiger partial charge in [0.15, 0.2) is 0 Å². The van der Waals surface area contributed by atoms with Crippen LogP contribution in [-0.2, 0) is 6.54 Å². The zero-order valence-electron chi connectivity index (χ0n) is 8.07. The molecule has 1 aromatic carbocycles. The molecule has 1 aliphatic heterocycles. The second kappa shape index (κ2) is 4.47. The molecule has 0 atom stereocenters. The van der Waals surface area contributed by atoms with Crippen molar-refractivity contribution in [1.82, 2.24) is 0 Å². The second-order valence-electron chi connectivity index (χ2n) is 3.32. The minimum atomic E-state index is 0.827. The first-order chi connectivity index (χ1) is 6.88. The van der Waals surface area contributed by atoms with Gasteiger partial charge in [0.25, 0.3) is 0 Å². The monoisotopic (exact) mass is 203 g/mol. The van der Waals surface area contributed by atoms with Gasteiger partial charge in [0.1, 0.15) is 0 Å². The summed E-state index contributed by atoms with van der Waals surface area (Å²) < 4.78 is 0. The van der Waals surface area contributed by atoms with E-state index >= 15 is 0 Å². The van der Waals surface area contributed by atoms with Gasteiger partial charge in [-0.15, -0.1) is 11.8 Å². The van der Waals surface area contributed by atoms with Gasteiger partial charge in [0.2, 0.25) is 0 Å². The van der Waals surface area contributed by atoms with Crippen molar-refractivity contribution in [2.45, 2.75) is 6.54 Å². The summed E-state index contributed by atoms with van der Waals surface area (Å²) in [5, 5.41) is 0. The van der Waals surface area contributed by atoms with Gasteiger partial charge in [-0.25, -0.2) is 0 Å². The molecule has 1 saturated heterocycles. The van der Waals surface area contributed by atoms with Crippen molar-refractivity contribution in [3.8, 4) is 0 Å². The van der Waals surface area contributed by atoms with Crippen molar-refractivity contribution in [2.75, 3.05) is 11.5 Å². The quantitative estimate of drug-likeness (QED) is 0.735. The Kier molecular flexibility index (Phi) is 3.04. The zero-order chi connectivity index (χ0) is 9.80. The second-order valence-corrected chi connectivity index (χ2v) is 4.31. The lowest BCUT2D eigenvalue weighted by Crippen LogP contribution is -2.17. The van der Waals surface area contributed by atoms with E-state index in [0.717, 1.165) is 18.1 Å². The van der Waals surface area contributed by atoms with E-state index in [9.17, 15) is 0 Å². The molecule has 0 amide bonds. The molecule has 2 rings (SSSR count). The molecule has 0 aliphatic carbocycles. The molecule has 1 aromatic rings. The maximum Gasteiger partial charge on any atom is 0.0639 e. The van der Waals surface area contributed by atoms with Gasteiger partial charge < -0.3 is 0 Å². The highest BCUT2D eigenvalue weighted by Crippen LogP contribution is 2.15. The summed E-state index contributed by atoms with van der Waals surface area (Å²) >= 11 is 1.94. The van der Waals surface area contributed by atoms with Crippen LogP contribution < -0.4 is 0 Å². The third kappa shape index (κ3) is 2.26. The number of thioether (sulfide) groups is 1. The molecule has 0 N–H and O–H groups in total. The van der Waals surface area contributed by atoms with Crippen molar-refractivity contribution in [2.24, 2.45) is 4.99 Å². The first-order valence-corrected chi connectivity index (χ1v) is 5.85. The summed E-state index contributed by atoms with van der Waals surface area (Å²) in [6.45, 7) is 4.55. The maximum atomic E-state index is 4.53. The van der Waals surface area contributed by atoms with Crippen LogP contribution in [0.5, 0.6) is 0 Å². The number of benzene rings is 1. The van der Waals surface area contributed by atoms with Crippen LogP contribution in [-0.4, -0.2) is 17.2 Å². The molecule has 0 aromatic heterocycles. The molecule has 1 nitrogen and oxygen atoms in total. The molecule has 1 fully saturated rings. The summed E-state index contributed by atoms with van der Waals surface area (Å²) in [5.41, 5.74) is 3.79. The number of hydrogen-bond donors (Lipinski definition) is 0. The highest BCUT2D eigenvalue weighted by molar-refractivity contribution is 8.03. The molecule has 0 unspecified atom stereocenters. The lowest BCUT2D eigenvalue weighted by atomic mass is 10.1. The van der Waals surface area contributed by atoms with E-state index < -0.39 is 0 Å². The molecular formula is C12H13NS. The minimum absolute atomic E-state index is 0.827. The van der Waals surface area contributed by atoms with E-state index in [4.69, 9.17) is 0 Å². The Morgan fingerprint density at radius 2 is 2.00 bits per heavy atom. The van der Waals surface area contributed by atoms with Crippen molar-refractivity contribution in [3.05, 3.63) is 42.0 Å². The van der Waals surface area contributed by atoms with Gasteiger partial charge in [-0.2, -0.15) is 0 Å². The largest absolute Gasteiger partial charge is 0.288 e. The van der Waals surface area contributed by atoms with Gasteiger partial charge in [0, 0.05) is 17.2 Å². The predicted molar refractivity (Wildman–Crippen MR) is 65.0 cm³/mol. The molecule has 14 heavy (non-hydrogen) atoms. The first-order valence-electron chi connectivity index (χ1n) is 4.70. The van der Waals surface area contributed by atoms with Crippen LogP contribution in [0.1, 0.15) is 11.1 Å². The summed E-state index contributed by atoms with van der Waals surface area (Å²) in [6, 6.07) is 8.40. The fourth-order valence-electron chi connectivity index (χ4n) is 1.25. The zero-order valence-corrected chi connectivity index (χ0v) is 8.89. The lowest BCUT2D eigenvalue weighted by Gasteiger charge is -2.13. The summed E-state index contributed by atoms with van der Waals surface area (Å²) in [4.78, 5) is 4.53. The van der Waals surface area contributed by atoms with Crippen LogP contribution in [0.4, 0.5) is 0 Å². The third-order valence-corrected chi connectivity index (χ3v) is 3.31. The van der Waals surface area contributed by atoms with Gasteiger partial charge in [-0.3, -0.25) is 4.99 Å². The Labute approximate surface area is 88.9 Å². The topological polar surface area (TPSA) is 12.4 Å². The highest BCUT2D eigenvalue weighted by atomic mass is 32.2. The maximum absolute atomic E-state index is 4.53. The van der Waals surface area contributed by atoms with Crippen molar-refractivity contribution in [1.29, 1.82) is 0 Å². The molecule has 0 radical (unpaired) electrons. The molecule has 1 aliphatic rings. The van der Waals surface area contributed by atoms with Gasteiger partial charge in [0.05, 0.1) is 6.54 Å². The number of aliphatic imine (C=N–C) groups is 1. The number of rotatable bonds is 3. The van der Waals surface area contributed by atoms with Crippen molar-refractivity contribution < 1.29 is 0 Å². The number of nitrogens with zero attached hydrogens (tertiary/aromatic N) is 1. The molecular weight excluding hydrogens is 190 g/mol. The van der Waals surface area contributed by atoms with Crippen LogP contribution in [0.2, 0.25) is 0 Å². The SMILES string of the molecule is C=Cc1ccc(CN=C2CSC2)cc1. The number of hydrogen-bond acceptors (Lipinski definition) is 2. The van der Waals surface area contributed by atoms with Crippen LogP contribution in [0.15, 0.2) is 35.8 Å². The molecule has 72 valence electrons. The highest BCUT2D eigenvalue weighted by Gasteiger charge is 2.09. The van der Waals surface area contributed by atoms with Crippen LogP contribution in [0.3, 0.4) is 0 Å². The Hall–Kier alpha value is -1.02. The van der Waals surface area contributed by atoms with E-state index in [2.05, 4.69) is 35.8 Å². The Bertz CT molecular complexity index is 345. The fourth-order valence-corrected chi connectivity index (χ4v) is 1.82. The van der Waals surface area contributed by atoms with E-state index in [1.807, 2.05) is 17.8 Å². The molecule has 2 heteroatoms. The normalized spacial score (nSPS) is 14.7. The Morgan fingerprint density at radius 3 is 2.50 bits per heavy atom. The molecule has 0 saturated carbocycles. The van der Waals surface area contributed by atoms with E-state index in [-0.39, 0.29) is 0 Å². The van der Waals surface area contributed by atoms with Crippen LogP contribution in [0.25, 0.3) is 6.08 Å². The third-order valence-electron chi connectivity index (χ3n) is 2.24. The predicted octanol–water partition coefficient (Wildman–Crippen LogP) is 3.02. The summed E-state index contributed by atoms with van der Waals surface area (Å²) in [5.74, 6) is 2.26. The molecule has 0 spiro atoms. The molecule has 1 heterocycles. The summed E-state index contributed by atoms with van der Waals surface area (Å²) in [6.07, 6.45) is 1.86. The molecule has 0 bridgehead atoms. The van der Waals surface area contributed by atoms with E-state index in [1.165, 1.54) is 16.8 Å². The average molecular weight is 203 g/mol. The fraction of sp³-hybridized carbons (Fsp3) is 0.250. The van der Waals surface area contributed by atoms with Gasteiger partial charge >= 0.3 is 0 Å². The van der Waals surface area contributed by atoms with Crippen molar-refractivity contribution >= 4 is 23.5 Å². The first kappa shape index (κ1) is 9.53. The smallest absolute Gasteiger partial charge is 0.0639 e.